The molecule has 1 amide bonds. The summed E-state index contributed by atoms with van der Waals surface area (Å²) in [6.45, 7) is 0. The summed E-state index contributed by atoms with van der Waals surface area (Å²) in [6.07, 6.45) is 4.30. The average molecular weight is 436 g/mol. The molecule has 158 valence electrons. The second-order valence-corrected chi connectivity index (χ2v) is 8.90. The summed E-state index contributed by atoms with van der Waals surface area (Å²) in [7, 11) is -3.83. The maximum Gasteiger partial charge on any atom is 0.417 e. The van der Waals surface area contributed by atoms with Gasteiger partial charge in [-0.05, 0) is 37.1 Å². The number of amides is 1. The maximum atomic E-state index is 14.8. The minimum atomic E-state index is -3.83. The highest BCUT2D eigenvalue weighted by molar-refractivity contribution is 7.93. The second-order valence-electron chi connectivity index (χ2n) is 6.94. The number of aromatic nitrogens is 2. The summed E-state index contributed by atoms with van der Waals surface area (Å²) >= 11 is 0. The van der Waals surface area contributed by atoms with Crippen LogP contribution in [-0.4, -0.2) is 29.7 Å². The number of anilines is 2. The van der Waals surface area contributed by atoms with Crippen LogP contribution < -0.4 is 14.8 Å². The van der Waals surface area contributed by atoms with E-state index in [1.54, 1.807) is 12.3 Å². The summed E-state index contributed by atoms with van der Waals surface area (Å²) in [5.74, 6) is -2.25. The predicted molar refractivity (Wildman–Crippen MR) is 107 cm³/mol. The number of fused-ring (bicyclic) bond motifs is 1. The van der Waals surface area contributed by atoms with Gasteiger partial charge in [0.25, 0.3) is 0 Å². The number of hydrogen-bond donors (Lipinski definition) is 3. The minimum absolute atomic E-state index is 0.0681. The van der Waals surface area contributed by atoms with Gasteiger partial charge in [0.1, 0.15) is 17.2 Å². The van der Waals surface area contributed by atoms with Crippen molar-refractivity contribution in [1.29, 1.82) is 0 Å². The number of nitrogens with zero attached hydrogens (tertiary/aromatic N) is 1. The van der Waals surface area contributed by atoms with Gasteiger partial charge in [-0.3, -0.25) is 10.0 Å². The van der Waals surface area contributed by atoms with E-state index in [2.05, 4.69) is 14.7 Å². The highest BCUT2D eigenvalue weighted by atomic mass is 32.2. The molecule has 1 aromatic carbocycles. The molecule has 2 aromatic heterocycles. The number of sulfonamides is 1. The Morgan fingerprint density at radius 1 is 1.20 bits per heavy atom. The van der Waals surface area contributed by atoms with Crippen LogP contribution >= 0.6 is 0 Å². The number of carbonyl (C=O) groups is 1. The average Bonchev–Trinajstić information content (AvgIpc) is 3.39. The lowest BCUT2D eigenvalue weighted by molar-refractivity contribution is 0.215. The minimum Gasteiger partial charge on any atom is -0.408 e. The predicted octanol–water partition coefficient (Wildman–Crippen LogP) is 4.14. The molecule has 2 heterocycles. The van der Waals surface area contributed by atoms with Crippen molar-refractivity contribution in [2.45, 2.75) is 30.9 Å². The molecule has 1 aliphatic carbocycles. The highest BCUT2D eigenvalue weighted by Gasteiger charge is 2.30. The number of carbonyl (C=O) groups excluding carboxylic acids is 1. The van der Waals surface area contributed by atoms with Crippen LogP contribution in [-0.2, 0) is 10.0 Å². The number of benzene rings is 1. The van der Waals surface area contributed by atoms with Gasteiger partial charge in [0.05, 0.1) is 17.1 Å². The molecule has 8 nitrogen and oxygen atoms in total. The van der Waals surface area contributed by atoms with Crippen molar-refractivity contribution in [2.24, 2.45) is 0 Å². The Morgan fingerprint density at radius 2 is 1.97 bits per heavy atom. The van der Waals surface area contributed by atoms with E-state index in [9.17, 15) is 22.0 Å². The van der Waals surface area contributed by atoms with Gasteiger partial charge in [-0.15, -0.1) is 0 Å². The van der Waals surface area contributed by atoms with Gasteiger partial charge in [-0.25, -0.2) is 27.0 Å². The van der Waals surface area contributed by atoms with Crippen LogP contribution in [0.1, 0.15) is 25.7 Å². The van der Waals surface area contributed by atoms with E-state index in [0.717, 1.165) is 25.0 Å². The molecule has 11 heteroatoms. The number of hydrogen-bond acceptors (Lipinski definition) is 5. The van der Waals surface area contributed by atoms with Gasteiger partial charge >= 0.3 is 6.09 Å². The van der Waals surface area contributed by atoms with Crippen LogP contribution in [0.2, 0.25) is 0 Å². The van der Waals surface area contributed by atoms with E-state index in [0.29, 0.717) is 23.9 Å². The van der Waals surface area contributed by atoms with Crippen molar-refractivity contribution in [3.63, 3.8) is 0 Å². The largest absolute Gasteiger partial charge is 0.417 e. The summed E-state index contributed by atoms with van der Waals surface area (Å²) in [6, 6.07) is 5.07. The molecule has 30 heavy (non-hydrogen) atoms. The van der Waals surface area contributed by atoms with Crippen molar-refractivity contribution in [1.82, 2.24) is 9.97 Å². The molecule has 0 spiro atoms. The lowest BCUT2D eigenvalue weighted by Crippen LogP contribution is -2.26. The normalized spacial score (nSPS) is 14.7. The van der Waals surface area contributed by atoms with Gasteiger partial charge in [-0.2, -0.15) is 0 Å². The van der Waals surface area contributed by atoms with E-state index in [1.165, 1.54) is 12.3 Å². The molecule has 1 aliphatic rings. The monoisotopic (exact) mass is 436 g/mol. The number of halogens is 2. The van der Waals surface area contributed by atoms with E-state index >= 15 is 0 Å². The second kappa shape index (κ2) is 7.90. The van der Waals surface area contributed by atoms with Gasteiger partial charge < -0.3 is 9.72 Å². The zero-order valence-corrected chi connectivity index (χ0v) is 16.4. The Balaban J connectivity index is 1.51. The number of nitrogens with one attached hydrogen (secondary N) is 3. The molecule has 0 saturated heterocycles. The molecular weight excluding hydrogens is 418 g/mol. The van der Waals surface area contributed by atoms with Gasteiger partial charge in [0.2, 0.25) is 10.0 Å². The van der Waals surface area contributed by atoms with E-state index < -0.39 is 44.4 Å². The van der Waals surface area contributed by atoms with Crippen molar-refractivity contribution in [2.75, 3.05) is 10.0 Å². The fourth-order valence-corrected chi connectivity index (χ4v) is 4.98. The Kier molecular flexibility index (Phi) is 5.29. The fourth-order valence-electron chi connectivity index (χ4n) is 3.39. The zero-order valence-electron chi connectivity index (χ0n) is 15.6. The third-order valence-electron chi connectivity index (χ3n) is 4.90. The van der Waals surface area contributed by atoms with Crippen LogP contribution in [0.5, 0.6) is 5.75 Å². The lowest BCUT2D eigenvalue weighted by atomic mass is 10.2. The summed E-state index contributed by atoms with van der Waals surface area (Å²) < 4.78 is 60.9. The first-order valence-electron chi connectivity index (χ1n) is 9.25. The Bertz CT molecular complexity index is 1210. The van der Waals surface area contributed by atoms with Crippen molar-refractivity contribution >= 4 is 38.5 Å². The van der Waals surface area contributed by atoms with Crippen LogP contribution in [0.4, 0.5) is 25.0 Å². The number of aromatic amines is 1. The Morgan fingerprint density at radius 3 is 2.73 bits per heavy atom. The first kappa shape index (κ1) is 20.1. The van der Waals surface area contributed by atoms with Crippen LogP contribution in [0.3, 0.4) is 0 Å². The number of rotatable bonds is 5. The molecular formula is C19H18F2N4O4S. The van der Waals surface area contributed by atoms with Crippen molar-refractivity contribution in [3.8, 4) is 5.75 Å². The van der Waals surface area contributed by atoms with Gasteiger partial charge in [0, 0.05) is 11.6 Å². The molecule has 0 unspecified atom stereocenters. The molecule has 3 N–H and O–H groups in total. The number of H-pyrrole nitrogens is 1. The smallest absolute Gasteiger partial charge is 0.408 e. The SMILES string of the molecule is O=C(Nc1c(F)ccc(NS(=O)(=O)C2CCCC2)c1F)Oc1cnc2[nH]ccc2c1. The first-order chi connectivity index (χ1) is 14.3. The van der Waals surface area contributed by atoms with E-state index in [-0.39, 0.29) is 5.75 Å². The standard InChI is InChI=1S/C19H18F2N4O4S/c20-14-5-6-15(25-30(27,28)13-3-1-2-4-13)16(21)17(14)24-19(26)29-12-9-11-7-8-22-18(11)23-10-12/h5-10,13,25H,1-4H2,(H,22,23)(H,24,26). The molecule has 0 aliphatic heterocycles. The molecule has 0 radical (unpaired) electrons. The zero-order chi connectivity index (χ0) is 21.3. The molecule has 1 fully saturated rings. The first-order valence-corrected chi connectivity index (χ1v) is 10.8. The van der Waals surface area contributed by atoms with Crippen molar-refractivity contribution < 1.29 is 26.7 Å². The van der Waals surface area contributed by atoms with E-state index in [1.807, 2.05) is 5.32 Å². The van der Waals surface area contributed by atoms with Crippen molar-refractivity contribution in [3.05, 3.63) is 48.3 Å². The number of ether oxygens (including phenoxy) is 1. The molecule has 1 saturated carbocycles. The fraction of sp³-hybridized carbons (Fsp3) is 0.263. The van der Waals surface area contributed by atoms with E-state index in [4.69, 9.17) is 4.74 Å². The van der Waals surface area contributed by atoms with Crippen LogP contribution in [0, 0.1) is 11.6 Å². The van der Waals surface area contributed by atoms with Crippen LogP contribution in [0.15, 0.2) is 36.7 Å². The third-order valence-corrected chi connectivity index (χ3v) is 6.75. The maximum absolute atomic E-state index is 14.8. The topological polar surface area (TPSA) is 113 Å². The number of pyridine rings is 1. The third kappa shape index (κ3) is 4.06. The molecule has 4 rings (SSSR count). The Hall–Kier alpha value is -3.21. The van der Waals surface area contributed by atoms with Crippen LogP contribution in [0.25, 0.3) is 11.0 Å². The molecule has 0 bridgehead atoms. The summed E-state index contributed by atoms with van der Waals surface area (Å²) in [5.41, 5.74) is -0.682. The molecule has 3 aromatic rings. The van der Waals surface area contributed by atoms with Gasteiger partial charge in [-0.1, -0.05) is 12.8 Å². The summed E-state index contributed by atoms with van der Waals surface area (Å²) in [4.78, 5) is 19.0. The lowest BCUT2D eigenvalue weighted by Gasteiger charge is -2.16. The Labute approximate surface area is 170 Å². The van der Waals surface area contributed by atoms with Gasteiger partial charge in [0.15, 0.2) is 11.6 Å². The molecule has 0 atom stereocenters. The summed E-state index contributed by atoms with van der Waals surface area (Å²) in [5, 5.41) is 2.04. The quantitative estimate of drug-likeness (QED) is 0.556. The highest BCUT2D eigenvalue weighted by Crippen LogP contribution is 2.30.